The van der Waals surface area contributed by atoms with Crippen molar-refractivity contribution >= 4 is 27.8 Å². The lowest BCUT2D eigenvalue weighted by Gasteiger charge is -2.16. The van der Waals surface area contributed by atoms with E-state index in [1.807, 2.05) is 0 Å². The number of hydrogen-bond donors (Lipinski definition) is 0. The highest BCUT2D eigenvalue weighted by molar-refractivity contribution is 9.10. The van der Waals surface area contributed by atoms with Gasteiger partial charge in [0.05, 0.1) is 4.47 Å². The second-order valence-corrected chi connectivity index (χ2v) is 5.21. The predicted molar refractivity (Wildman–Crippen MR) is 69.2 cm³/mol. The van der Waals surface area contributed by atoms with Gasteiger partial charge in [0.2, 0.25) is 11.9 Å². The fraction of sp³-hybridized carbons (Fsp3) is 0.500. The molecule has 1 saturated heterocycles. The van der Waals surface area contributed by atoms with Crippen LogP contribution < -0.4 is 4.90 Å². The predicted octanol–water partition coefficient (Wildman–Crippen LogP) is 2.92. The first-order chi connectivity index (χ1) is 9.82. The fourth-order valence-electron chi connectivity index (χ4n) is 1.94. The number of amides is 1. The molecule has 1 aromatic rings. The molecule has 1 unspecified atom stereocenters. The maximum atomic E-state index is 12.8. The Hall–Kier alpha value is -1.87. The standard InChI is InChI=1S/C10H8BrF3N6O/c11-6-3-16-9(18-8(6)10(12,13)14)20-4-5(1-7(20)21)2-17-19-15/h3,5H,1-2,4H2. The maximum absolute atomic E-state index is 12.8. The SMILES string of the molecule is [N-]=[N+]=NCC1CC(=O)N(c2ncc(Br)c(C(F)(F)F)n2)C1. The Morgan fingerprint density at radius 3 is 2.90 bits per heavy atom. The van der Waals surface area contributed by atoms with Crippen LogP contribution in [0.2, 0.25) is 0 Å². The van der Waals surface area contributed by atoms with Crippen molar-refractivity contribution in [2.75, 3.05) is 18.0 Å². The first kappa shape index (κ1) is 15.5. The summed E-state index contributed by atoms with van der Waals surface area (Å²) in [4.78, 5) is 22.6. The number of alkyl halides is 3. The van der Waals surface area contributed by atoms with Gasteiger partial charge < -0.3 is 0 Å². The minimum absolute atomic E-state index is 0.0831. The summed E-state index contributed by atoms with van der Waals surface area (Å²) in [6.45, 7) is 0.220. The van der Waals surface area contributed by atoms with Crippen molar-refractivity contribution in [1.29, 1.82) is 0 Å². The summed E-state index contributed by atoms with van der Waals surface area (Å²) < 4.78 is 38.0. The molecule has 1 fully saturated rings. The van der Waals surface area contributed by atoms with E-state index in [1.165, 1.54) is 0 Å². The van der Waals surface area contributed by atoms with Crippen LogP contribution in [0.25, 0.3) is 10.4 Å². The Morgan fingerprint density at radius 1 is 1.57 bits per heavy atom. The molecule has 0 aromatic carbocycles. The average Bonchev–Trinajstić information content (AvgIpc) is 2.77. The van der Waals surface area contributed by atoms with Gasteiger partial charge in [-0.15, -0.1) is 0 Å². The van der Waals surface area contributed by atoms with Crippen molar-refractivity contribution in [3.05, 3.63) is 26.8 Å². The van der Waals surface area contributed by atoms with E-state index in [-0.39, 0.29) is 35.8 Å². The van der Waals surface area contributed by atoms with E-state index in [2.05, 4.69) is 35.9 Å². The van der Waals surface area contributed by atoms with Crippen molar-refractivity contribution < 1.29 is 18.0 Å². The number of aromatic nitrogens is 2. The molecule has 112 valence electrons. The molecule has 1 atom stereocenters. The van der Waals surface area contributed by atoms with E-state index in [9.17, 15) is 18.0 Å². The van der Waals surface area contributed by atoms with E-state index in [1.54, 1.807) is 0 Å². The monoisotopic (exact) mass is 364 g/mol. The normalized spacial score (nSPS) is 18.8. The second kappa shape index (κ2) is 5.86. The highest BCUT2D eigenvalue weighted by Crippen LogP contribution is 2.34. The topological polar surface area (TPSA) is 94.9 Å². The number of rotatable bonds is 3. The molecule has 1 aromatic heterocycles. The number of nitrogens with zero attached hydrogens (tertiary/aromatic N) is 6. The van der Waals surface area contributed by atoms with E-state index < -0.39 is 17.8 Å². The van der Waals surface area contributed by atoms with Gasteiger partial charge in [-0.25, -0.2) is 9.97 Å². The highest BCUT2D eigenvalue weighted by Gasteiger charge is 2.38. The zero-order valence-electron chi connectivity index (χ0n) is 10.4. The van der Waals surface area contributed by atoms with Crippen molar-refractivity contribution in [2.24, 2.45) is 11.0 Å². The lowest BCUT2D eigenvalue weighted by molar-refractivity contribution is -0.141. The Labute approximate surface area is 124 Å². The summed E-state index contributed by atoms with van der Waals surface area (Å²) in [5, 5.41) is 3.36. The van der Waals surface area contributed by atoms with Crippen molar-refractivity contribution in [2.45, 2.75) is 12.6 Å². The Balaban J connectivity index is 2.26. The van der Waals surface area contributed by atoms with Gasteiger partial charge in [-0.05, 0) is 27.4 Å². The third-order valence-corrected chi connectivity index (χ3v) is 3.43. The summed E-state index contributed by atoms with van der Waals surface area (Å²) in [7, 11) is 0. The quantitative estimate of drug-likeness (QED) is 0.468. The third kappa shape index (κ3) is 3.42. The van der Waals surface area contributed by atoms with Gasteiger partial charge in [0.1, 0.15) is 0 Å². The number of halogens is 4. The first-order valence-electron chi connectivity index (χ1n) is 5.74. The van der Waals surface area contributed by atoms with Crippen LogP contribution in [0, 0.1) is 5.92 Å². The van der Waals surface area contributed by atoms with Gasteiger partial charge in [-0.1, -0.05) is 5.11 Å². The molecular formula is C10H8BrF3N6O. The van der Waals surface area contributed by atoms with Crippen molar-refractivity contribution in [3.63, 3.8) is 0 Å². The molecule has 1 aliphatic heterocycles. The number of hydrogen-bond acceptors (Lipinski definition) is 4. The van der Waals surface area contributed by atoms with E-state index >= 15 is 0 Å². The second-order valence-electron chi connectivity index (χ2n) is 4.35. The van der Waals surface area contributed by atoms with Crippen LogP contribution >= 0.6 is 15.9 Å². The van der Waals surface area contributed by atoms with Gasteiger partial charge in [0.25, 0.3) is 0 Å². The van der Waals surface area contributed by atoms with Crippen molar-refractivity contribution in [3.8, 4) is 0 Å². The third-order valence-electron chi connectivity index (χ3n) is 2.85. The molecule has 0 spiro atoms. The summed E-state index contributed by atoms with van der Waals surface area (Å²) in [6.07, 6.45) is -3.61. The number of carbonyl (C=O) groups is 1. The first-order valence-corrected chi connectivity index (χ1v) is 6.53. The molecule has 2 heterocycles. The molecule has 1 aliphatic rings. The van der Waals surface area contributed by atoms with Gasteiger partial charge >= 0.3 is 6.18 Å². The molecule has 0 radical (unpaired) electrons. The van der Waals surface area contributed by atoms with Crippen LogP contribution in [0.1, 0.15) is 12.1 Å². The maximum Gasteiger partial charge on any atom is 0.434 e. The van der Waals surface area contributed by atoms with Crippen LogP contribution in [-0.4, -0.2) is 29.0 Å². The molecule has 0 saturated carbocycles. The van der Waals surface area contributed by atoms with Crippen LogP contribution in [0.3, 0.4) is 0 Å². The van der Waals surface area contributed by atoms with Gasteiger partial charge in [-0.3, -0.25) is 9.69 Å². The summed E-state index contributed by atoms with van der Waals surface area (Å²) in [5.41, 5.74) is 7.10. The van der Waals surface area contributed by atoms with Gasteiger partial charge in [-0.2, -0.15) is 13.2 Å². The zero-order valence-corrected chi connectivity index (χ0v) is 12.0. The molecule has 0 N–H and O–H groups in total. The molecular weight excluding hydrogens is 357 g/mol. The van der Waals surface area contributed by atoms with Gasteiger partial charge in [0, 0.05) is 30.6 Å². The highest BCUT2D eigenvalue weighted by atomic mass is 79.9. The molecule has 0 aliphatic carbocycles. The Bertz CT molecular complexity index is 615. The van der Waals surface area contributed by atoms with E-state index in [0.717, 1.165) is 11.1 Å². The molecule has 0 bridgehead atoms. The smallest absolute Gasteiger partial charge is 0.280 e. The molecule has 21 heavy (non-hydrogen) atoms. The van der Waals surface area contributed by atoms with Crippen LogP contribution in [0.4, 0.5) is 19.1 Å². The molecule has 11 heteroatoms. The Kier molecular flexibility index (Phi) is 4.33. The minimum atomic E-state index is -4.65. The Morgan fingerprint density at radius 2 is 2.29 bits per heavy atom. The summed E-state index contributed by atoms with van der Waals surface area (Å²) >= 11 is 2.73. The lowest BCUT2D eigenvalue weighted by Crippen LogP contribution is -2.28. The van der Waals surface area contributed by atoms with Crippen LogP contribution in [0.15, 0.2) is 15.8 Å². The average molecular weight is 365 g/mol. The molecule has 7 nitrogen and oxygen atoms in total. The summed E-state index contributed by atoms with van der Waals surface area (Å²) in [6, 6.07) is 0. The van der Waals surface area contributed by atoms with Gasteiger partial charge in [0.15, 0.2) is 5.69 Å². The molecule has 2 rings (SSSR count). The minimum Gasteiger partial charge on any atom is -0.280 e. The van der Waals surface area contributed by atoms with E-state index in [4.69, 9.17) is 5.53 Å². The fourth-order valence-corrected chi connectivity index (χ4v) is 2.35. The number of anilines is 1. The van der Waals surface area contributed by atoms with E-state index in [0.29, 0.717) is 0 Å². The molecule has 1 amide bonds. The number of azide groups is 1. The zero-order chi connectivity index (χ0) is 15.6. The van der Waals surface area contributed by atoms with Crippen molar-refractivity contribution in [1.82, 2.24) is 9.97 Å². The lowest BCUT2D eigenvalue weighted by atomic mass is 10.1. The number of carbonyl (C=O) groups excluding carboxylic acids is 1. The van der Waals surface area contributed by atoms with Crippen LogP contribution in [0.5, 0.6) is 0 Å². The summed E-state index contributed by atoms with van der Waals surface area (Å²) in [5.74, 6) is -0.961. The van der Waals surface area contributed by atoms with Crippen LogP contribution in [-0.2, 0) is 11.0 Å². The largest absolute Gasteiger partial charge is 0.434 e.